The Kier molecular flexibility index (Phi) is 5.90. The minimum absolute atomic E-state index is 0.170. The first-order chi connectivity index (χ1) is 12.4. The van der Waals surface area contributed by atoms with Crippen LogP contribution in [0.3, 0.4) is 0 Å². The van der Waals surface area contributed by atoms with Crippen molar-refractivity contribution in [2.75, 3.05) is 26.7 Å². The number of carbonyl (C=O) groups is 1. The number of aryl methyl sites for hydroxylation is 1. The molecule has 1 atom stereocenters. The van der Waals surface area contributed by atoms with E-state index >= 15 is 0 Å². The fourth-order valence-corrected chi connectivity index (χ4v) is 3.87. The first-order valence-corrected chi connectivity index (χ1v) is 9.59. The Morgan fingerprint density at radius 3 is 2.77 bits per heavy atom. The third-order valence-corrected chi connectivity index (χ3v) is 5.79. The van der Waals surface area contributed by atoms with Crippen LogP contribution >= 0.6 is 23.2 Å². The van der Waals surface area contributed by atoms with Gasteiger partial charge in [0, 0.05) is 24.3 Å². The molecular weight excluding hydrogens is 371 g/mol. The zero-order valence-electron chi connectivity index (χ0n) is 15.4. The number of nitrogens with one attached hydrogen (secondary N) is 1. The van der Waals surface area contributed by atoms with Crippen LogP contribution in [0.1, 0.15) is 23.4 Å². The summed E-state index contributed by atoms with van der Waals surface area (Å²) in [5.41, 5.74) is 3.65. The van der Waals surface area contributed by atoms with Gasteiger partial charge in [0.1, 0.15) is 0 Å². The average Bonchev–Trinajstić information content (AvgIpc) is 3.18. The maximum Gasteiger partial charge on any atom is 0.227 e. The van der Waals surface area contributed by atoms with Crippen LogP contribution in [0.4, 0.5) is 0 Å². The molecule has 1 aromatic heterocycles. The van der Waals surface area contributed by atoms with Gasteiger partial charge < -0.3 is 10.2 Å². The van der Waals surface area contributed by atoms with Gasteiger partial charge in [-0.05, 0) is 58.0 Å². The molecule has 1 aromatic carbocycles. The van der Waals surface area contributed by atoms with Gasteiger partial charge in [0.2, 0.25) is 5.91 Å². The smallest absolute Gasteiger partial charge is 0.227 e. The SMILES string of the molecule is CNCC1CCN(C(=O)Cc2c(C)nn(-c3ccc(Cl)c(Cl)c3)c2C)C1. The molecule has 1 aliphatic heterocycles. The van der Waals surface area contributed by atoms with Gasteiger partial charge in [0.05, 0.1) is 27.8 Å². The first kappa shape index (κ1) is 19.2. The standard InChI is InChI=1S/C19H24Cl2N4O/c1-12-16(9-19(26)24-7-6-14(11-24)10-22-3)13(2)25(23-12)15-4-5-17(20)18(21)8-15/h4-5,8,14,22H,6-7,9-11H2,1-3H3. The van der Waals surface area contributed by atoms with E-state index in [1.807, 2.05) is 36.5 Å². The summed E-state index contributed by atoms with van der Waals surface area (Å²) in [6.07, 6.45) is 1.44. The molecule has 5 nitrogen and oxygen atoms in total. The summed E-state index contributed by atoms with van der Waals surface area (Å²) in [7, 11) is 1.95. The van der Waals surface area contributed by atoms with E-state index in [-0.39, 0.29) is 5.91 Å². The summed E-state index contributed by atoms with van der Waals surface area (Å²) in [5, 5.41) is 8.80. The first-order valence-electron chi connectivity index (χ1n) is 8.83. The normalized spacial score (nSPS) is 17.1. The summed E-state index contributed by atoms with van der Waals surface area (Å²) < 4.78 is 1.83. The van der Waals surface area contributed by atoms with E-state index in [1.54, 1.807) is 12.1 Å². The molecule has 1 N–H and O–H groups in total. The van der Waals surface area contributed by atoms with Gasteiger partial charge in [0.15, 0.2) is 0 Å². The molecule has 1 saturated heterocycles. The number of hydrogen-bond acceptors (Lipinski definition) is 3. The quantitative estimate of drug-likeness (QED) is 0.844. The molecule has 0 bridgehead atoms. The molecule has 1 amide bonds. The van der Waals surface area contributed by atoms with E-state index in [1.165, 1.54) is 0 Å². The van der Waals surface area contributed by atoms with E-state index in [4.69, 9.17) is 23.2 Å². The van der Waals surface area contributed by atoms with E-state index in [0.29, 0.717) is 22.4 Å². The number of aromatic nitrogens is 2. The van der Waals surface area contributed by atoms with Crippen molar-refractivity contribution in [3.63, 3.8) is 0 Å². The predicted octanol–water partition coefficient (Wildman–Crippen LogP) is 3.41. The highest BCUT2D eigenvalue weighted by Gasteiger charge is 2.27. The van der Waals surface area contributed by atoms with Crippen LogP contribution in [0.15, 0.2) is 18.2 Å². The van der Waals surface area contributed by atoms with Crippen molar-refractivity contribution in [3.8, 4) is 5.69 Å². The molecule has 2 aromatic rings. The molecule has 1 fully saturated rings. The Hall–Kier alpha value is -1.56. The molecule has 3 rings (SSSR count). The lowest BCUT2D eigenvalue weighted by atomic mass is 10.1. The van der Waals surface area contributed by atoms with Crippen molar-refractivity contribution in [1.82, 2.24) is 20.0 Å². The van der Waals surface area contributed by atoms with Gasteiger partial charge in [-0.2, -0.15) is 5.10 Å². The highest BCUT2D eigenvalue weighted by atomic mass is 35.5. The maximum absolute atomic E-state index is 12.7. The van der Waals surface area contributed by atoms with Crippen LogP contribution in [-0.2, 0) is 11.2 Å². The Morgan fingerprint density at radius 1 is 1.31 bits per heavy atom. The van der Waals surface area contributed by atoms with Crippen molar-refractivity contribution in [2.45, 2.75) is 26.7 Å². The van der Waals surface area contributed by atoms with Crippen molar-refractivity contribution in [2.24, 2.45) is 5.92 Å². The Labute approximate surface area is 164 Å². The Balaban J connectivity index is 1.78. The van der Waals surface area contributed by atoms with Gasteiger partial charge >= 0.3 is 0 Å². The van der Waals surface area contributed by atoms with Gasteiger partial charge in [-0.3, -0.25) is 4.79 Å². The molecule has 0 radical (unpaired) electrons. The van der Waals surface area contributed by atoms with Crippen molar-refractivity contribution in [1.29, 1.82) is 0 Å². The fourth-order valence-electron chi connectivity index (χ4n) is 3.58. The van der Waals surface area contributed by atoms with Gasteiger partial charge in [-0.25, -0.2) is 4.68 Å². The molecule has 140 valence electrons. The van der Waals surface area contributed by atoms with Gasteiger partial charge in [-0.1, -0.05) is 23.2 Å². The molecule has 1 unspecified atom stereocenters. The van der Waals surface area contributed by atoms with Gasteiger partial charge in [-0.15, -0.1) is 0 Å². The monoisotopic (exact) mass is 394 g/mol. The van der Waals surface area contributed by atoms with Crippen LogP contribution < -0.4 is 5.32 Å². The second kappa shape index (κ2) is 7.99. The molecule has 1 aliphatic rings. The maximum atomic E-state index is 12.7. The zero-order valence-corrected chi connectivity index (χ0v) is 16.9. The molecule has 0 aliphatic carbocycles. The fraction of sp³-hybridized carbons (Fsp3) is 0.474. The van der Waals surface area contributed by atoms with E-state index in [0.717, 1.165) is 48.7 Å². The molecule has 0 saturated carbocycles. The number of halogens is 2. The number of amides is 1. The second-order valence-electron chi connectivity index (χ2n) is 6.89. The van der Waals surface area contributed by atoms with E-state index in [9.17, 15) is 4.79 Å². The molecule has 2 heterocycles. The number of rotatable bonds is 5. The number of benzene rings is 1. The topological polar surface area (TPSA) is 50.2 Å². The summed E-state index contributed by atoms with van der Waals surface area (Å²) >= 11 is 12.1. The lowest BCUT2D eigenvalue weighted by Crippen LogP contribution is -2.31. The summed E-state index contributed by atoms with van der Waals surface area (Å²) in [6.45, 7) is 6.55. The van der Waals surface area contributed by atoms with Crippen molar-refractivity contribution < 1.29 is 4.79 Å². The molecule has 0 spiro atoms. The average molecular weight is 395 g/mol. The highest BCUT2D eigenvalue weighted by molar-refractivity contribution is 6.42. The Morgan fingerprint density at radius 2 is 2.08 bits per heavy atom. The summed E-state index contributed by atoms with van der Waals surface area (Å²) in [6, 6.07) is 5.42. The van der Waals surface area contributed by atoms with E-state index in [2.05, 4.69) is 10.4 Å². The second-order valence-corrected chi connectivity index (χ2v) is 7.70. The van der Waals surface area contributed by atoms with Crippen LogP contribution in [0.2, 0.25) is 10.0 Å². The molecular formula is C19H24Cl2N4O. The van der Waals surface area contributed by atoms with Gasteiger partial charge in [0.25, 0.3) is 0 Å². The molecule has 26 heavy (non-hydrogen) atoms. The Bertz CT molecular complexity index is 818. The van der Waals surface area contributed by atoms with Crippen LogP contribution in [0, 0.1) is 19.8 Å². The largest absolute Gasteiger partial charge is 0.342 e. The predicted molar refractivity (Wildman–Crippen MR) is 105 cm³/mol. The molecule has 7 heteroatoms. The zero-order chi connectivity index (χ0) is 18.8. The number of nitrogens with zero attached hydrogens (tertiary/aromatic N) is 3. The minimum atomic E-state index is 0.170. The lowest BCUT2D eigenvalue weighted by Gasteiger charge is -2.17. The lowest BCUT2D eigenvalue weighted by molar-refractivity contribution is -0.129. The number of likely N-dealkylation sites (tertiary alicyclic amines) is 1. The van der Waals surface area contributed by atoms with E-state index < -0.39 is 0 Å². The van der Waals surface area contributed by atoms with Crippen LogP contribution in [0.5, 0.6) is 0 Å². The third-order valence-electron chi connectivity index (χ3n) is 5.05. The van der Waals surface area contributed by atoms with Crippen LogP contribution in [-0.4, -0.2) is 47.3 Å². The highest BCUT2D eigenvalue weighted by Crippen LogP contribution is 2.27. The van der Waals surface area contributed by atoms with Crippen molar-refractivity contribution >= 4 is 29.1 Å². The summed E-state index contributed by atoms with van der Waals surface area (Å²) in [5.74, 6) is 0.716. The van der Waals surface area contributed by atoms with Crippen molar-refractivity contribution in [3.05, 3.63) is 45.2 Å². The third kappa shape index (κ3) is 3.90. The minimum Gasteiger partial charge on any atom is -0.342 e. The summed E-state index contributed by atoms with van der Waals surface area (Å²) in [4.78, 5) is 14.7. The number of hydrogen-bond donors (Lipinski definition) is 1. The van der Waals surface area contributed by atoms with Crippen LogP contribution in [0.25, 0.3) is 5.69 Å². The number of carbonyl (C=O) groups excluding carboxylic acids is 1.